The van der Waals surface area contributed by atoms with Gasteiger partial charge in [0, 0.05) is 42.2 Å². The van der Waals surface area contributed by atoms with Gasteiger partial charge in [0.1, 0.15) is 0 Å². The molecule has 2 aromatic rings. The Balaban J connectivity index is 2.28. The molecule has 1 aliphatic rings. The van der Waals surface area contributed by atoms with Gasteiger partial charge in [0.05, 0.1) is 21.0 Å². The Morgan fingerprint density at radius 1 is 0.963 bits per heavy atom. The lowest BCUT2D eigenvalue weighted by atomic mass is 9.92. The number of hydrogen-bond acceptors (Lipinski definition) is 7. The van der Waals surface area contributed by atoms with Crippen LogP contribution >= 0.6 is 0 Å². The van der Waals surface area contributed by atoms with Crippen LogP contribution in [0.15, 0.2) is 24.3 Å². The van der Waals surface area contributed by atoms with Gasteiger partial charge in [0.25, 0.3) is 23.2 Å². The molecule has 10 heteroatoms. The van der Waals surface area contributed by atoms with Gasteiger partial charge in [-0.3, -0.25) is 34.7 Å². The SMILES string of the molecule is CC(CN1C(=O)c2cc([N+](=O)[O-])cc3cc([N+](=O)[O-])cc(c23)C1=O)N(C)C. The molecule has 0 saturated carbocycles. The lowest BCUT2D eigenvalue weighted by Gasteiger charge is -2.31. The van der Waals surface area contributed by atoms with E-state index in [-0.39, 0.29) is 45.9 Å². The fourth-order valence-corrected chi connectivity index (χ4v) is 3.01. The number of benzene rings is 2. The molecular formula is C17H16N4O6. The summed E-state index contributed by atoms with van der Waals surface area (Å²) in [6, 6.07) is 4.31. The van der Waals surface area contributed by atoms with E-state index in [9.17, 15) is 29.8 Å². The van der Waals surface area contributed by atoms with Gasteiger partial charge >= 0.3 is 0 Å². The lowest BCUT2D eigenvalue weighted by molar-refractivity contribution is -0.385. The zero-order chi connectivity index (χ0) is 20.0. The quantitative estimate of drug-likeness (QED) is 0.447. The minimum atomic E-state index is -0.676. The first-order valence-electron chi connectivity index (χ1n) is 8.05. The van der Waals surface area contributed by atoms with Gasteiger partial charge in [-0.15, -0.1) is 0 Å². The molecule has 0 N–H and O–H groups in total. The lowest BCUT2D eigenvalue weighted by Crippen LogP contribution is -2.47. The fraction of sp³-hybridized carbons (Fsp3) is 0.294. The number of amides is 2. The number of hydrogen-bond donors (Lipinski definition) is 0. The van der Waals surface area contributed by atoms with Crippen molar-refractivity contribution in [2.24, 2.45) is 0 Å². The number of likely N-dealkylation sites (N-methyl/N-ethyl adjacent to an activating group) is 1. The normalized spacial score (nSPS) is 14.7. The van der Waals surface area contributed by atoms with E-state index >= 15 is 0 Å². The van der Waals surface area contributed by atoms with Crippen molar-refractivity contribution in [2.75, 3.05) is 20.6 Å². The second kappa shape index (κ2) is 6.40. The van der Waals surface area contributed by atoms with E-state index in [4.69, 9.17) is 0 Å². The summed E-state index contributed by atoms with van der Waals surface area (Å²) >= 11 is 0. The molecule has 1 heterocycles. The molecule has 0 aliphatic carbocycles. The van der Waals surface area contributed by atoms with Crippen LogP contribution in [-0.2, 0) is 0 Å². The molecule has 1 aliphatic heterocycles. The summed E-state index contributed by atoms with van der Waals surface area (Å²) in [4.78, 5) is 49.7. The highest BCUT2D eigenvalue weighted by atomic mass is 16.6. The molecule has 1 unspecified atom stereocenters. The topological polar surface area (TPSA) is 127 Å². The van der Waals surface area contributed by atoms with Crippen LogP contribution in [0.1, 0.15) is 27.6 Å². The van der Waals surface area contributed by atoms with Crippen molar-refractivity contribution in [3.63, 3.8) is 0 Å². The van der Waals surface area contributed by atoms with Crippen LogP contribution in [0.25, 0.3) is 10.8 Å². The molecule has 140 valence electrons. The molecule has 0 fully saturated rings. The number of imide groups is 1. The number of nitrogens with zero attached hydrogens (tertiary/aromatic N) is 4. The highest BCUT2D eigenvalue weighted by Gasteiger charge is 2.36. The first-order chi connectivity index (χ1) is 12.6. The summed E-state index contributed by atoms with van der Waals surface area (Å²) < 4.78 is 0. The van der Waals surface area contributed by atoms with Gasteiger partial charge in [0.15, 0.2) is 0 Å². The third-order valence-electron chi connectivity index (χ3n) is 4.72. The minimum absolute atomic E-state index is 0.00495. The standard InChI is InChI=1S/C17H16N4O6/c1-9(18(2)3)8-19-16(22)13-6-11(20(24)25)4-10-5-12(21(26)27)7-14(15(10)13)17(19)23/h4-7,9H,8H2,1-3H3. The average molecular weight is 372 g/mol. The summed E-state index contributed by atoms with van der Waals surface area (Å²) in [7, 11) is 3.57. The molecule has 0 aromatic heterocycles. The van der Waals surface area contributed by atoms with E-state index < -0.39 is 21.7 Å². The molecule has 2 amide bonds. The largest absolute Gasteiger partial charge is 0.305 e. The number of carbonyl (C=O) groups is 2. The van der Waals surface area contributed by atoms with Crippen LogP contribution in [-0.4, -0.2) is 58.1 Å². The monoisotopic (exact) mass is 372 g/mol. The van der Waals surface area contributed by atoms with Crippen LogP contribution in [0.3, 0.4) is 0 Å². The third-order valence-corrected chi connectivity index (χ3v) is 4.72. The summed E-state index contributed by atoms with van der Waals surface area (Å²) in [5, 5.41) is 22.8. The van der Waals surface area contributed by atoms with Gasteiger partial charge in [-0.25, -0.2) is 0 Å². The Morgan fingerprint density at radius 2 is 1.41 bits per heavy atom. The predicted molar refractivity (Wildman–Crippen MR) is 95.8 cm³/mol. The number of nitro groups is 2. The highest BCUT2D eigenvalue weighted by Crippen LogP contribution is 2.36. The van der Waals surface area contributed by atoms with E-state index in [1.54, 1.807) is 14.1 Å². The zero-order valence-corrected chi connectivity index (χ0v) is 14.8. The maximum atomic E-state index is 12.9. The Morgan fingerprint density at radius 3 is 1.78 bits per heavy atom. The molecular weight excluding hydrogens is 356 g/mol. The van der Waals surface area contributed by atoms with Crippen molar-refractivity contribution in [1.29, 1.82) is 0 Å². The van der Waals surface area contributed by atoms with Crippen molar-refractivity contribution < 1.29 is 19.4 Å². The van der Waals surface area contributed by atoms with Crippen LogP contribution in [0.2, 0.25) is 0 Å². The van der Waals surface area contributed by atoms with Crippen molar-refractivity contribution >= 4 is 34.0 Å². The molecule has 10 nitrogen and oxygen atoms in total. The number of nitro benzene ring substituents is 2. The Bertz CT molecular complexity index is 947. The highest BCUT2D eigenvalue weighted by molar-refractivity contribution is 6.26. The third kappa shape index (κ3) is 2.99. The van der Waals surface area contributed by atoms with Crippen LogP contribution < -0.4 is 0 Å². The second-order valence-corrected chi connectivity index (χ2v) is 6.63. The van der Waals surface area contributed by atoms with Crippen molar-refractivity contribution in [1.82, 2.24) is 9.80 Å². The first kappa shape index (κ1) is 18.4. The molecule has 0 saturated heterocycles. The zero-order valence-electron chi connectivity index (χ0n) is 14.8. The molecule has 0 radical (unpaired) electrons. The van der Waals surface area contributed by atoms with Gasteiger partial charge in [0.2, 0.25) is 0 Å². The van der Waals surface area contributed by atoms with Crippen LogP contribution in [0, 0.1) is 20.2 Å². The second-order valence-electron chi connectivity index (χ2n) is 6.63. The van der Waals surface area contributed by atoms with E-state index in [0.717, 1.165) is 29.2 Å². The number of non-ortho nitro benzene ring substituents is 2. The maximum Gasteiger partial charge on any atom is 0.270 e. The summed E-state index contributed by atoms with van der Waals surface area (Å²) in [6.45, 7) is 1.86. The van der Waals surface area contributed by atoms with Gasteiger partial charge in [-0.1, -0.05) is 0 Å². The number of rotatable bonds is 5. The fourth-order valence-electron chi connectivity index (χ4n) is 3.01. The van der Waals surface area contributed by atoms with Crippen LogP contribution in [0.5, 0.6) is 0 Å². The van der Waals surface area contributed by atoms with Crippen molar-refractivity contribution in [3.05, 3.63) is 55.6 Å². The van der Waals surface area contributed by atoms with E-state index in [0.29, 0.717) is 0 Å². The maximum absolute atomic E-state index is 12.9. The minimum Gasteiger partial charge on any atom is -0.305 e. The first-order valence-corrected chi connectivity index (χ1v) is 8.05. The molecule has 27 heavy (non-hydrogen) atoms. The van der Waals surface area contributed by atoms with Crippen molar-refractivity contribution in [3.8, 4) is 0 Å². The molecule has 0 spiro atoms. The Hall–Kier alpha value is -3.40. The summed E-state index contributed by atoms with van der Waals surface area (Å²) in [6.07, 6.45) is 0. The molecule has 0 bridgehead atoms. The Kier molecular flexibility index (Phi) is 4.36. The molecule has 1 atom stereocenters. The summed E-state index contributed by atoms with van der Waals surface area (Å²) in [5.41, 5.74) is -0.746. The Labute approximate surface area is 153 Å². The van der Waals surface area contributed by atoms with Gasteiger partial charge in [-0.05, 0) is 26.4 Å². The van der Waals surface area contributed by atoms with E-state index in [1.807, 2.05) is 11.8 Å². The van der Waals surface area contributed by atoms with Gasteiger partial charge in [-0.2, -0.15) is 0 Å². The predicted octanol–water partition coefficient (Wildman–Crippen LogP) is 2.20. The molecule has 2 aromatic carbocycles. The van der Waals surface area contributed by atoms with Crippen LogP contribution in [0.4, 0.5) is 11.4 Å². The summed E-state index contributed by atoms with van der Waals surface area (Å²) in [5.74, 6) is -1.30. The molecule has 3 rings (SSSR count). The average Bonchev–Trinajstić information content (AvgIpc) is 2.61. The number of carbonyl (C=O) groups excluding carboxylic acids is 2. The van der Waals surface area contributed by atoms with Gasteiger partial charge < -0.3 is 4.90 Å². The van der Waals surface area contributed by atoms with E-state index in [2.05, 4.69) is 0 Å². The van der Waals surface area contributed by atoms with Crippen molar-refractivity contribution in [2.45, 2.75) is 13.0 Å². The smallest absolute Gasteiger partial charge is 0.270 e. The van der Waals surface area contributed by atoms with E-state index in [1.165, 1.54) is 0 Å².